The summed E-state index contributed by atoms with van der Waals surface area (Å²) >= 11 is 0. The maximum Gasteiger partial charge on any atom is 0.329 e. The summed E-state index contributed by atoms with van der Waals surface area (Å²) in [5.74, 6) is -1.53. The molecule has 1 saturated heterocycles. The number of aliphatic carboxylic acids is 1. The summed E-state index contributed by atoms with van der Waals surface area (Å²) in [6.45, 7) is 2.61. The van der Waals surface area contributed by atoms with Gasteiger partial charge in [-0.3, -0.25) is 4.79 Å². The van der Waals surface area contributed by atoms with Gasteiger partial charge in [-0.25, -0.2) is 4.79 Å². The number of anilines is 1. The predicted molar refractivity (Wildman–Crippen MR) is 73.7 cm³/mol. The SMILES string of the molecule is Cc1ccc(C(N)=O)c(NC2(C(=O)O)CCOCC2)c1. The van der Waals surface area contributed by atoms with Crippen molar-refractivity contribution in [2.45, 2.75) is 25.3 Å². The largest absolute Gasteiger partial charge is 0.480 e. The van der Waals surface area contributed by atoms with Gasteiger partial charge in [-0.2, -0.15) is 0 Å². The average Bonchev–Trinajstić information content (AvgIpc) is 2.39. The van der Waals surface area contributed by atoms with Crippen molar-refractivity contribution in [3.8, 4) is 0 Å². The monoisotopic (exact) mass is 278 g/mol. The van der Waals surface area contributed by atoms with Crippen molar-refractivity contribution in [2.75, 3.05) is 18.5 Å². The molecule has 4 N–H and O–H groups in total. The Morgan fingerprint density at radius 3 is 2.55 bits per heavy atom. The number of carbonyl (C=O) groups excluding carboxylic acids is 1. The molecule has 2 rings (SSSR count). The third kappa shape index (κ3) is 2.75. The first kappa shape index (κ1) is 14.3. The van der Waals surface area contributed by atoms with E-state index in [0.717, 1.165) is 5.56 Å². The molecule has 1 amide bonds. The molecule has 0 unspecified atom stereocenters. The maximum absolute atomic E-state index is 11.6. The van der Waals surface area contributed by atoms with Gasteiger partial charge in [0.05, 0.1) is 5.56 Å². The number of primary amides is 1. The number of aryl methyl sites for hydroxylation is 1. The van der Waals surface area contributed by atoms with Crippen LogP contribution < -0.4 is 11.1 Å². The van der Waals surface area contributed by atoms with E-state index in [0.29, 0.717) is 37.3 Å². The van der Waals surface area contributed by atoms with Gasteiger partial charge in [0.1, 0.15) is 5.54 Å². The molecule has 1 aromatic rings. The molecule has 1 aliphatic heterocycles. The topological polar surface area (TPSA) is 102 Å². The Morgan fingerprint density at radius 2 is 2.00 bits per heavy atom. The number of carbonyl (C=O) groups is 2. The van der Waals surface area contributed by atoms with Gasteiger partial charge in [-0.1, -0.05) is 6.07 Å². The third-order valence-corrected chi connectivity index (χ3v) is 3.57. The molecular weight excluding hydrogens is 260 g/mol. The minimum Gasteiger partial charge on any atom is -0.480 e. The van der Waals surface area contributed by atoms with Crippen LogP contribution >= 0.6 is 0 Å². The zero-order chi connectivity index (χ0) is 14.8. The molecule has 0 aromatic heterocycles. The highest BCUT2D eigenvalue weighted by molar-refractivity contribution is 5.99. The van der Waals surface area contributed by atoms with E-state index in [1.54, 1.807) is 18.2 Å². The molecule has 6 nitrogen and oxygen atoms in total. The number of nitrogens with one attached hydrogen (secondary N) is 1. The summed E-state index contributed by atoms with van der Waals surface area (Å²) in [6, 6.07) is 5.11. The fourth-order valence-electron chi connectivity index (χ4n) is 2.35. The lowest BCUT2D eigenvalue weighted by atomic mass is 9.89. The Hall–Kier alpha value is -2.08. The zero-order valence-electron chi connectivity index (χ0n) is 11.3. The molecule has 0 radical (unpaired) electrons. The number of ether oxygens (including phenoxy) is 1. The quantitative estimate of drug-likeness (QED) is 0.766. The summed E-state index contributed by atoms with van der Waals surface area (Å²) in [5.41, 5.74) is 5.90. The second-order valence-electron chi connectivity index (χ2n) is 5.04. The van der Waals surface area contributed by atoms with E-state index in [-0.39, 0.29) is 0 Å². The number of benzene rings is 1. The van der Waals surface area contributed by atoms with Crippen molar-refractivity contribution in [2.24, 2.45) is 5.73 Å². The van der Waals surface area contributed by atoms with Crippen LogP contribution in [0, 0.1) is 6.92 Å². The molecule has 0 spiro atoms. The van der Waals surface area contributed by atoms with E-state index in [1.807, 2.05) is 6.92 Å². The molecule has 0 bridgehead atoms. The van der Waals surface area contributed by atoms with Crippen LogP contribution in [0.3, 0.4) is 0 Å². The minimum atomic E-state index is -1.11. The molecule has 1 aromatic carbocycles. The van der Waals surface area contributed by atoms with E-state index in [1.165, 1.54) is 0 Å². The Morgan fingerprint density at radius 1 is 1.35 bits per heavy atom. The smallest absolute Gasteiger partial charge is 0.329 e. The van der Waals surface area contributed by atoms with Gasteiger partial charge < -0.3 is 20.9 Å². The van der Waals surface area contributed by atoms with E-state index < -0.39 is 17.4 Å². The van der Waals surface area contributed by atoms with Crippen LogP contribution in [0.1, 0.15) is 28.8 Å². The van der Waals surface area contributed by atoms with Crippen molar-refractivity contribution in [1.29, 1.82) is 0 Å². The number of carboxylic acid groups (broad SMARTS) is 1. The van der Waals surface area contributed by atoms with Gasteiger partial charge >= 0.3 is 5.97 Å². The second-order valence-corrected chi connectivity index (χ2v) is 5.04. The summed E-state index contributed by atoms with van der Waals surface area (Å²) in [7, 11) is 0. The van der Waals surface area contributed by atoms with Gasteiger partial charge in [0.25, 0.3) is 5.91 Å². The standard InChI is InChI=1S/C14H18N2O4/c1-9-2-3-10(12(15)17)11(8-9)16-14(13(18)19)4-6-20-7-5-14/h2-3,8,16H,4-7H2,1H3,(H2,15,17)(H,18,19). The van der Waals surface area contributed by atoms with Gasteiger partial charge in [0, 0.05) is 31.7 Å². The lowest BCUT2D eigenvalue weighted by molar-refractivity contribution is -0.145. The maximum atomic E-state index is 11.6. The van der Waals surface area contributed by atoms with E-state index in [9.17, 15) is 14.7 Å². The lowest BCUT2D eigenvalue weighted by Crippen LogP contribution is -2.50. The average molecular weight is 278 g/mol. The second kappa shape index (κ2) is 5.50. The normalized spacial score (nSPS) is 17.4. The van der Waals surface area contributed by atoms with E-state index >= 15 is 0 Å². The van der Waals surface area contributed by atoms with Crippen molar-refractivity contribution >= 4 is 17.6 Å². The van der Waals surface area contributed by atoms with Crippen molar-refractivity contribution in [1.82, 2.24) is 0 Å². The molecular formula is C14H18N2O4. The fourth-order valence-corrected chi connectivity index (χ4v) is 2.35. The van der Waals surface area contributed by atoms with Crippen LogP contribution in [-0.4, -0.2) is 35.7 Å². The fraction of sp³-hybridized carbons (Fsp3) is 0.429. The van der Waals surface area contributed by atoms with E-state index in [4.69, 9.17) is 10.5 Å². The van der Waals surface area contributed by atoms with Crippen LogP contribution in [0.5, 0.6) is 0 Å². The highest BCUT2D eigenvalue weighted by atomic mass is 16.5. The number of carboxylic acids is 1. The number of amides is 1. The molecule has 20 heavy (non-hydrogen) atoms. The number of rotatable bonds is 4. The Labute approximate surface area is 116 Å². The summed E-state index contributed by atoms with van der Waals surface area (Å²) in [6.07, 6.45) is 0.683. The molecule has 108 valence electrons. The van der Waals surface area contributed by atoms with Crippen molar-refractivity contribution in [3.63, 3.8) is 0 Å². The lowest BCUT2D eigenvalue weighted by Gasteiger charge is -2.35. The molecule has 6 heteroatoms. The van der Waals surface area contributed by atoms with Crippen LogP contribution in [0.4, 0.5) is 5.69 Å². The molecule has 0 atom stereocenters. The van der Waals surface area contributed by atoms with Crippen LogP contribution in [0.2, 0.25) is 0 Å². The predicted octanol–water partition coefficient (Wildman–Crippen LogP) is 1.14. The summed E-state index contributed by atoms with van der Waals surface area (Å²) < 4.78 is 5.22. The molecule has 1 aliphatic rings. The number of hydrogen-bond donors (Lipinski definition) is 3. The van der Waals surface area contributed by atoms with Gasteiger partial charge in [-0.15, -0.1) is 0 Å². The minimum absolute atomic E-state index is 0.294. The van der Waals surface area contributed by atoms with Crippen LogP contribution in [0.25, 0.3) is 0 Å². The van der Waals surface area contributed by atoms with Gasteiger partial charge in [0.2, 0.25) is 0 Å². The molecule has 0 saturated carbocycles. The number of hydrogen-bond acceptors (Lipinski definition) is 4. The van der Waals surface area contributed by atoms with E-state index in [2.05, 4.69) is 5.32 Å². The van der Waals surface area contributed by atoms with Crippen molar-refractivity contribution < 1.29 is 19.4 Å². The highest BCUT2D eigenvalue weighted by Crippen LogP contribution is 2.29. The molecule has 0 aliphatic carbocycles. The first-order valence-electron chi connectivity index (χ1n) is 6.44. The van der Waals surface area contributed by atoms with Gasteiger partial charge in [0.15, 0.2) is 0 Å². The Kier molecular flexibility index (Phi) is 3.94. The molecule has 1 heterocycles. The highest BCUT2D eigenvalue weighted by Gasteiger charge is 2.40. The zero-order valence-corrected chi connectivity index (χ0v) is 11.3. The first-order chi connectivity index (χ1) is 9.44. The summed E-state index contributed by atoms with van der Waals surface area (Å²) in [5, 5.41) is 12.5. The van der Waals surface area contributed by atoms with Gasteiger partial charge in [-0.05, 0) is 24.6 Å². The Bertz CT molecular complexity index is 536. The third-order valence-electron chi connectivity index (χ3n) is 3.57. The van der Waals surface area contributed by atoms with Crippen LogP contribution in [-0.2, 0) is 9.53 Å². The summed E-state index contributed by atoms with van der Waals surface area (Å²) in [4.78, 5) is 23.1. The van der Waals surface area contributed by atoms with Crippen LogP contribution in [0.15, 0.2) is 18.2 Å². The molecule has 1 fully saturated rings. The number of nitrogens with two attached hydrogens (primary N) is 1. The Balaban J connectivity index is 2.38. The van der Waals surface area contributed by atoms with Crippen molar-refractivity contribution in [3.05, 3.63) is 29.3 Å². The first-order valence-corrected chi connectivity index (χ1v) is 6.44.